The van der Waals surface area contributed by atoms with E-state index in [4.69, 9.17) is 4.98 Å². The van der Waals surface area contributed by atoms with Crippen molar-refractivity contribution in [3.8, 4) is 0 Å². The van der Waals surface area contributed by atoms with E-state index in [0.717, 1.165) is 23.9 Å². The quantitative estimate of drug-likeness (QED) is 0.821. The molecular weight excluding hydrogens is 242 g/mol. The van der Waals surface area contributed by atoms with Crippen LogP contribution in [0.25, 0.3) is 0 Å². The molecule has 0 aliphatic carbocycles. The molecule has 0 N–H and O–H groups in total. The zero-order valence-corrected chi connectivity index (χ0v) is 12.8. The molecule has 2 unspecified atom stereocenters. The molecule has 0 saturated carbocycles. The summed E-state index contributed by atoms with van der Waals surface area (Å²) in [4.78, 5) is 11.7. The number of nitrogens with zero attached hydrogens (tertiary/aromatic N) is 3. The summed E-state index contributed by atoms with van der Waals surface area (Å²) in [6, 6.07) is 2.66. The lowest BCUT2D eigenvalue weighted by molar-refractivity contribution is 0.614. The Labute approximate surface area is 114 Å². The van der Waals surface area contributed by atoms with E-state index >= 15 is 0 Å². The Morgan fingerprint density at radius 1 is 1.33 bits per heavy atom. The maximum atomic E-state index is 4.75. The number of aromatic nitrogens is 2. The topological polar surface area (TPSA) is 29.0 Å². The third-order valence-electron chi connectivity index (χ3n) is 3.55. The summed E-state index contributed by atoms with van der Waals surface area (Å²) < 4.78 is 0. The zero-order valence-electron chi connectivity index (χ0n) is 12.0. The normalized spacial score (nSPS) is 24.7. The SMILES string of the molecule is Cc1cc(N2CCSC(C)C2C)nc(C(C)C)n1. The van der Waals surface area contributed by atoms with Gasteiger partial charge < -0.3 is 4.90 Å². The van der Waals surface area contributed by atoms with Crippen LogP contribution in [-0.2, 0) is 0 Å². The van der Waals surface area contributed by atoms with Gasteiger partial charge in [-0.3, -0.25) is 0 Å². The molecule has 2 rings (SSSR count). The van der Waals surface area contributed by atoms with E-state index < -0.39 is 0 Å². The highest BCUT2D eigenvalue weighted by atomic mass is 32.2. The molecule has 100 valence electrons. The third kappa shape index (κ3) is 2.79. The Bertz CT molecular complexity index is 420. The van der Waals surface area contributed by atoms with Gasteiger partial charge in [-0.05, 0) is 13.8 Å². The van der Waals surface area contributed by atoms with Crippen LogP contribution in [0.1, 0.15) is 45.1 Å². The van der Waals surface area contributed by atoms with Gasteiger partial charge in [0.1, 0.15) is 11.6 Å². The van der Waals surface area contributed by atoms with Gasteiger partial charge in [-0.25, -0.2) is 9.97 Å². The summed E-state index contributed by atoms with van der Waals surface area (Å²) >= 11 is 2.05. The van der Waals surface area contributed by atoms with Gasteiger partial charge in [0, 0.05) is 41.3 Å². The predicted octanol–water partition coefficient (Wildman–Crippen LogP) is 3.24. The molecule has 0 spiro atoms. The first kappa shape index (κ1) is 13.7. The van der Waals surface area contributed by atoms with Crippen LogP contribution < -0.4 is 4.90 Å². The minimum atomic E-state index is 0.385. The molecule has 2 atom stereocenters. The van der Waals surface area contributed by atoms with Gasteiger partial charge in [-0.1, -0.05) is 20.8 Å². The molecule has 1 aromatic heterocycles. The number of aryl methyl sites for hydroxylation is 1. The van der Waals surface area contributed by atoms with E-state index in [1.807, 2.05) is 0 Å². The highest BCUT2D eigenvalue weighted by Crippen LogP contribution is 2.28. The molecule has 1 saturated heterocycles. The molecule has 1 aromatic rings. The maximum Gasteiger partial charge on any atom is 0.133 e. The first-order chi connectivity index (χ1) is 8.49. The molecule has 18 heavy (non-hydrogen) atoms. The van der Waals surface area contributed by atoms with Crippen LogP contribution in [0.3, 0.4) is 0 Å². The zero-order chi connectivity index (χ0) is 13.3. The lowest BCUT2D eigenvalue weighted by Gasteiger charge is -2.38. The number of rotatable bonds is 2. The fourth-order valence-electron chi connectivity index (χ4n) is 2.24. The van der Waals surface area contributed by atoms with Crippen molar-refractivity contribution >= 4 is 17.6 Å². The summed E-state index contributed by atoms with van der Waals surface area (Å²) in [6.45, 7) is 12.0. The van der Waals surface area contributed by atoms with Crippen LogP contribution in [-0.4, -0.2) is 33.6 Å². The Balaban J connectivity index is 2.32. The van der Waals surface area contributed by atoms with Crippen LogP contribution in [0, 0.1) is 6.92 Å². The largest absolute Gasteiger partial charge is 0.352 e. The van der Waals surface area contributed by atoms with Crippen molar-refractivity contribution in [1.82, 2.24) is 9.97 Å². The van der Waals surface area contributed by atoms with Crippen LogP contribution in [0.4, 0.5) is 5.82 Å². The van der Waals surface area contributed by atoms with E-state index in [2.05, 4.69) is 62.3 Å². The summed E-state index contributed by atoms with van der Waals surface area (Å²) in [5, 5.41) is 0.663. The Hall–Kier alpha value is -0.770. The average molecular weight is 265 g/mol. The van der Waals surface area contributed by atoms with Crippen molar-refractivity contribution in [3.05, 3.63) is 17.6 Å². The molecule has 3 nitrogen and oxygen atoms in total. The van der Waals surface area contributed by atoms with Gasteiger partial charge in [0.25, 0.3) is 0 Å². The first-order valence-electron chi connectivity index (χ1n) is 6.73. The number of thioether (sulfide) groups is 1. The van der Waals surface area contributed by atoms with Crippen molar-refractivity contribution in [2.75, 3.05) is 17.2 Å². The number of anilines is 1. The molecule has 1 aliphatic heterocycles. The monoisotopic (exact) mass is 265 g/mol. The third-order valence-corrected chi connectivity index (χ3v) is 4.89. The minimum Gasteiger partial charge on any atom is -0.352 e. The number of hydrogen-bond acceptors (Lipinski definition) is 4. The second kappa shape index (κ2) is 5.47. The molecule has 1 aliphatic rings. The highest BCUT2D eigenvalue weighted by Gasteiger charge is 2.26. The van der Waals surface area contributed by atoms with Crippen LogP contribution in [0.2, 0.25) is 0 Å². The Morgan fingerprint density at radius 3 is 2.72 bits per heavy atom. The van der Waals surface area contributed by atoms with Gasteiger partial charge in [-0.15, -0.1) is 0 Å². The van der Waals surface area contributed by atoms with Gasteiger partial charge in [0.05, 0.1) is 0 Å². The highest BCUT2D eigenvalue weighted by molar-refractivity contribution is 8.00. The van der Waals surface area contributed by atoms with E-state index in [1.165, 1.54) is 5.75 Å². The molecule has 0 radical (unpaired) electrons. The van der Waals surface area contributed by atoms with Crippen molar-refractivity contribution in [2.24, 2.45) is 0 Å². The Morgan fingerprint density at radius 2 is 2.06 bits per heavy atom. The molecule has 1 fully saturated rings. The minimum absolute atomic E-state index is 0.385. The lowest BCUT2D eigenvalue weighted by Crippen LogP contribution is -2.45. The fourth-order valence-corrected chi connectivity index (χ4v) is 3.34. The van der Waals surface area contributed by atoms with Gasteiger partial charge in [0.15, 0.2) is 0 Å². The summed E-state index contributed by atoms with van der Waals surface area (Å²) in [6.07, 6.45) is 0. The van der Waals surface area contributed by atoms with E-state index in [9.17, 15) is 0 Å². The molecule has 0 aromatic carbocycles. The first-order valence-corrected chi connectivity index (χ1v) is 7.77. The predicted molar refractivity (Wildman–Crippen MR) is 79.6 cm³/mol. The molecule has 0 bridgehead atoms. The van der Waals surface area contributed by atoms with Crippen LogP contribution in [0.15, 0.2) is 6.07 Å². The molecule has 2 heterocycles. The standard InChI is InChI=1S/C14H23N3S/c1-9(2)14-15-10(3)8-13(16-14)17-6-7-18-12(5)11(17)4/h8-9,11-12H,6-7H2,1-5H3. The number of hydrogen-bond donors (Lipinski definition) is 0. The fraction of sp³-hybridized carbons (Fsp3) is 0.714. The lowest BCUT2D eigenvalue weighted by atomic mass is 10.2. The second-order valence-corrected chi connectivity index (χ2v) is 6.88. The summed E-state index contributed by atoms with van der Waals surface area (Å²) in [5.74, 6) is 3.63. The Kier molecular flexibility index (Phi) is 4.15. The van der Waals surface area contributed by atoms with Crippen molar-refractivity contribution in [3.63, 3.8) is 0 Å². The smallest absolute Gasteiger partial charge is 0.133 e. The van der Waals surface area contributed by atoms with Crippen molar-refractivity contribution in [1.29, 1.82) is 0 Å². The van der Waals surface area contributed by atoms with E-state index in [1.54, 1.807) is 0 Å². The molecular formula is C14H23N3S. The van der Waals surface area contributed by atoms with Crippen LogP contribution in [0.5, 0.6) is 0 Å². The average Bonchev–Trinajstić information content (AvgIpc) is 2.31. The van der Waals surface area contributed by atoms with Gasteiger partial charge in [-0.2, -0.15) is 11.8 Å². The second-order valence-electron chi connectivity index (χ2n) is 5.39. The summed E-state index contributed by atoms with van der Waals surface area (Å²) in [5.41, 5.74) is 1.07. The molecule has 4 heteroatoms. The van der Waals surface area contributed by atoms with E-state index in [0.29, 0.717) is 17.2 Å². The van der Waals surface area contributed by atoms with Crippen molar-refractivity contribution < 1.29 is 0 Å². The maximum absolute atomic E-state index is 4.75. The van der Waals surface area contributed by atoms with Gasteiger partial charge in [0.2, 0.25) is 0 Å². The van der Waals surface area contributed by atoms with Gasteiger partial charge >= 0.3 is 0 Å². The van der Waals surface area contributed by atoms with E-state index in [-0.39, 0.29) is 0 Å². The van der Waals surface area contributed by atoms with Crippen LogP contribution >= 0.6 is 11.8 Å². The summed E-state index contributed by atoms with van der Waals surface area (Å²) in [7, 11) is 0. The van der Waals surface area contributed by atoms with Crippen molar-refractivity contribution in [2.45, 2.75) is 51.8 Å². The molecule has 0 amide bonds.